The predicted molar refractivity (Wildman–Crippen MR) is 90.8 cm³/mol. The Morgan fingerprint density at radius 3 is 2.35 bits per heavy atom. The highest BCUT2D eigenvalue weighted by atomic mass is 16.6. The highest BCUT2D eigenvalue weighted by molar-refractivity contribution is 5.87. The van der Waals surface area contributed by atoms with E-state index in [4.69, 9.17) is 4.74 Å². The number of rotatable bonds is 5. The number of esters is 1. The lowest BCUT2D eigenvalue weighted by atomic mass is 9.40. The SMILES string of the molecule is C=C(C)C(=O)OC(C)(C)C12CC3CC(CC(CC(C)O)(C3)C1)C2. The zero-order chi connectivity index (χ0) is 17.0. The molecule has 0 saturated heterocycles. The van der Waals surface area contributed by atoms with Crippen molar-refractivity contribution in [3.8, 4) is 0 Å². The van der Waals surface area contributed by atoms with E-state index < -0.39 is 5.60 Å². The van der Waals surface area contributed by atoms with E-state index in [0.717, 1.165) is 24.7 Å². The lowest BCUT2D eigenvalue weighted by Gasteiger charge is -2.66. The van der Waals surface area contributed by atoms with Gasteiger partial charge in [0.1, 0.15) is 5.60 Å². The van der Waals surface area contributed by atoms with Crippen molar-refractivity contribution in [2.45, 2.75) is 84.3 Å². The van der Waals surface area contributed by atoms with Gasteiger partial charge in [0, 0.05) is 11.0 Å². The Kier molecular flexibility index (Phi) is 3.95. The van der Waals surface area contributed by atoms with Crippen molar-refractivity contribution in [3.63, 3.8) is 0 Å². The van der Waals surface area contributed by atoms with Crippen molar-refractivity contribution >= 4 is 5.97 Å². The minimum atomic E-state index is -0.468. The maximum Gasteiger partial charge on any atom is 0.333 e. The van der Waals surface area contributed by atoms with Gasteiger partial charge in [-0.15, -0.1) is 0 Å². The molecule has 4 saturated carbocycles. The van der Waals surface area contributed by atoms with E-state index in [9.17, 15) is 9.90 Å². The Morgan fingerprint density at radius 1 is 1.30 bits per heavy atom. The minimum absolute atomic E-state index is 0.0666. The van der Waals surface area contributed by atoms with Gasteiger partial charge in [-0.3, -0.25) is 0 Å². The zero-order valence-electron chi connectivity index (χ0n) is 15.2. The fraction of sp³-hybridized carbons (Fsp3) is 0.850. The van der Waals surface area contributed by atoms with E-state index >= 15 is 0 Å². The molecule has 130 valence electrons. The maximum atomic E-state index is 12.1. The van der Waals surface area contributed by atoms with Crippen molar-refractivity contribution in [1.82, 2.24) is 0 Å². The Balaban J connectivity index is 1.89. The second kappa shape index (κ2) is 5.34. The summed E-state index contributed by atoms with van der Waals surface area (Å²) >= 11 is 0. The van der Waals surface area contributed by atoms with Gasteiger partial charge in [0.2, 0.25) is 0 Å². The molecular weight excluding hydrogens is 288 g/mol. The zero-order valence-corrected chi connectivity index (χ0v) is 15.2. The highest BCUT2D eigenvalue weighted by Crippen LogP contribution is 2.69. The first-order chi connectivity index (χ1) is 10.6. The average molecular weight is 320 g/mol. The summed E-state index contributed by atoms with van der Waals surface area (Å²) in [6.07, 6.45) is 7.91. The van der Waals surface area contributed by atoms with E-state index in [1.165, 1.54) is 32.1 Å². The highest BCUT2D eigenvalue weighted by Gasteiger charge is 2.63. The Labute approximate surface area is 140 Å². The number of ether oxygens (including phenoxy) is 1. The minimum Gasteiger partial charge on any atom is -0.456 e. The molecule has 3 heteroatoms. The third-order valence-corrected chi connectivity index (χ3v) is 6.88. The molecule has 0 heterocycles. The smallest absolute Gasteiger partial charge is 0.333 e. The van der Waals surface area contributed by atoms with Crippen LogP contribution in [0.4, 0.5) is 0 Å². The molecule has 1 N–H and O–H groups in total. The van der Waals surface area contributed by atoms with Crippen LogP contribution < -0.4 is 0 Å². The molecule has 3 nitrogen and oxygen atoms in total. The number of aliphatic hydroxyl groups is 1. The van der Waals surface area contributed by atoms with E-state index in [1.54, 1.807) is 6.92 Å². The van der Waals surface area contributed by atoms with Gasteiger partial charge in [-0.05, 0) is 89.9 Å². The Morgan fingerprint density at radius 2 is 1.87 bits per heavy atom. The molecule has 0 aromatic carbocycles. The summed E-state index contributed by atoms with van der Waals surface area (Å²) in [6.45, 7) is 11.5. The third-order valence-electron chi connectivity index (χ3n) is 6.88. The molecule has 3 unspecified atom stereocenters. The van der Waals surface area contributed by atoms with Crippen LogP contribution >= 0.6 is 0 Å². The molecule has 0 spiro atoms. The molecule has 4 aliphatic rings. The summed E-state index contributed by atoms with van der Waals surface area (Å²) in [7, 11) is 0. The summed E-state index contributed by atoms with van der Waals surface area (Å²) in [4.78, 5) is 12.1. The molecule has 4 fully saturated rings. The van der Waals surface area contributed by atoms with Crippen LogP contribution in [0.25, 0.3) is 0 Å². The van der Waals surface area contributed by atoms with Gasteiger partial charge in [-0.25, -0.2) is 4.79 Å². The Bertz CT molecular complexity index is 497. The second-order valence-electron chi connectivity index (χ2n) is 9.47. The van der Waals surface area contributed by atoms with Crippen LogP contribution in [0, 0.1) is 22.7 Å². The second-order valence-corrected chi connectivity index (χ2v) is 9.47. The first-order valence-corrected chi connectivity index (χ1v) is 9.13. The quantitative estimate of drug-likeness (QED) is 0.609. The summed E-state index contributed by atoms with van der Waals surface area (Å²) in [5, 5.41) is 10.0. The summed E-state index contributed by atoms with van der Waals surface area (Å²) in [5.41, 5.74) is 0.328. The normalized spacial score (nSPS) is 40.0. The van der Waals surface area contributed by atoms with Gasteiger partial charge >= 0.3 is 5.97 Å². The molecule has 23 heavy (non-hydrogen) atoms. The van der Waals surface area contributed by atoms with Gasteiger partial charge in [0.25, 0.3) is 0 Å². The van der Waals surface area contributed by atoms with E-state index in [1.807, 2.05) is 6.92 Å². The molecule has 4 rings (SSSR count). The van der Waals surface area contributed by atoms with Gasteiger partial charge in [0.15, 0.2) is 0 Å². The number of carbonyl (C=O) groups excluding carboxylic acids is 1. The van der Waals surface area contributed by atoms with E-state index in [0.29, 0.717) is 5.57 Å². The predicted octanol–water partition coefficient (Wildman–Crippen LogP) is 4.24. The standard InChI is InChI=1S/C20H32O3/c1-13(2)17(22)23-18(4,5)20-10-15-6-16(11-20)9-19(8-15,12-20)7-14(3)21/h14-16,21H,1,6-12H2,2-5H3. The number of aliphatic hydroxyl groups excluding tert-OH is 1. The van der Waals surface area contributed by atoms with Crippen molar-refractivity contribution in [3.05, 3.63) is 12.2 Å². The third kappa shape index (κ3) is 2.86. The van der Waals surface area contributed by atoms with Crippen molar-refractivity contribution in [2.75, 3.05) is 0 Å². The number of hydrogen-bond acceptors (Lipinski definition) is 3. The largest absolute Gasteiger partial charge is 0.456 e. The first kappa shape index (κ1) is 17.0. The van der Waals surface area contributed by atoms with E-state index in [-0.39, 0.29) is 22.9 Å². The maximum absolute atomic E-state index is 12.1. The van der Waals surface area contributed by atoms with Crippen molar-refractivity contribution in [1.29, 1.82) is 0 Å². The van der Waals surface area contributed by atoms with Crippen LogP contribution in [0.3, 0.4) is 0 Å². The van der Waals surface area contributed by atoms with Crippen LogP contribution in [0.2, 0.25) is 0 Å². The molecule has 0 aromatic rings. The lowest BCUT2D eigenvalue weighted by molar-refractivity contribution is -0.215. The molecule has 0 radical (unpaired) electrons. The van der Waals surface area contributed by atoms with Crippen LogP contribution in [0.15, 0.2) is 12.2 Å². The number of carbonyl (C=O) groups is 1. The first-order valence-electron chi connectivity index (χ1n) is 9.13. The molecular formula is C20H32O3. The van der Waals surface area contributed by atoms with Crippen molar-refractivity contribution in [2.24, 2.45) is 22.7 Å². The van der Waals surface area contributed by atoms with Gasteiger partial charge in [-0.1, -0.05) is 6.58 Å². The summed E-state index contributed by atoms with van der Waals surface area (Å²) < 4.78 is 5.93. The van der Waals surface area contributed by atoms with Crippen molar-refractivity contribution < 1.29 is 14.6 Å². The number of hydrogen-bond donors (Lipinski definition) is 1. The fourth-order valence-corrected chi connectivity index (χ4v) is 6.45. The molecule has 0 aromatic heterocycles. The average Bonchev–Trinajstić information content (AvgIpc) is 2.34. The summed E-state index contributed by atoms with van der Waals surface area (Å²) in [6, 6.07) is 0. The summed E-state index contributed by atoms with van der Waals surface area (Å²) in [5.74, 6) is 1.20. The molecule has 0 amide bonds. The Hall–Kier alpha value is -0.830. The molecule has 4 bridgehead atoms. The van der Waals surface area contributed by atoms with Gasteiger partial charge < -0.3 is 9.84 Å². The van der Waals surface area contributed by atoms with Crippen LogP contribution in [-0.2, 0) is 9.53 Å². The molecule has 3 atom stereocenters. The molecule has 0 aliphatic heterocycles. The van der Waals surface area contributed by atoms with Crippen LogP contribution in [-0.4, -0.2) is 22.8 Å². The lowest BCUT2D eigenvalue weighted by Crippen LogP contribution is -2.61. The molecule has 4 aliphatic carbocycles. The van der Waals surface area contributed by atoms with Gasteiger partial charge in [-0.2, -0.15) is 0 Å². The van der Waals surface area contributed by atoms with E-state index in [2.05, 4.69) is 20.4 Å². The van der Waals surface area contributed by atoms with Crippen LogP contribution in [0.1, 0.15) is 72.6 Å². The van der Waals surface area contributed by atoms with Crippen LogP contribution in [0.5, 0.6) is 0 Å². The fourth-order valence-electron chi connectivity index (χ4n) is 6.45. The monoisotopic (exact) mass is 320 g/mol. The van der Waals surface area contributed by atoms with Gasteiger partial charge in [0.05, 0.1) is 6.10 Å². The topological polar surface area (TPSA) is 46.5 Å².